The van der Waals surface area contributed by atoms with Gasteiger partial charge < -0.3 is 5.11 Å². The van der Waals surface area contributed by atoms with E-state index in [-0.39, 0.29) is 11.3 Å². The zero-order valence-electron chi connectivity index (χ0n) is 11.7. The van der Waals surface area contributed by atoms with Crippen LogP contribution in [0.15, 0.2) is 21.4 Å². The predicted molar refractivity (Wildman–Crippen MR) is 89.8 cm³/mol. The van der Waals surface area contributed by atoms with E-state index in [0.717, 1.165) is 18.2 Å². The number of thioether (sulfide) groups is 2. The fraction of sp³-hybridized carbons (Fsp3) is 0.462. The molecule has 0 aliphatic heterocycles. The van der Waals surface area contributed by atoms with E-state index in [1.807, 2.05) is 11.6 Å². The molecule has 5 nitrogen and oxygen atoms in total. The summed E-state index contributed by atoms with van der Waals surface area (Å²) >= 11 is 4.24. The maximum atomic E-state index is 12.5. The summed E-state index contributed by atoms with van der Waals surface area (Å²) in [5, 5.41) is 12.2. The maximum absolute atomic E-state index is 12.5. The summed E-state index contributed by atoms with van der Waals surface area (Å²) in [6.45, 7) is 2.66. The topological polar surface area (TPSA) is 72.2 Å². The number of rotatable bonds is 7. The van der Waals surface area contributed by atoms with E-state index in [2.05, 4.69) is 11.9 Å². The lowest BCUT2D eigenvalue weighted by molar-refractivity contribution is -0.133. The Bertz CT molecular complexity index is 696. The van der Waals surface area contributed by atoms with Crippen molar-refractivity contribution in [2.75, 3.05) is 12.0 Å². The Kier molecular flexibility index (Phi) is 5.72. The van der Waals surface area contributed by atoms with E-state index in [1.54, 1.807) is 22.4 Å². The molecule has 0 aromatic carbocycles. The molecule has 114 valence electrons. The molecule has 0 saturated heterocycles. The number of hydrogen-bond donors (Lipinski definition) is 1. The first kappa shape index (κ1) is 16.4. The van der Waals surface area contributed by atoms with Crippen molar-refractivity contribution in [3.05, 3.63) is 21.8 Å². The van der Waals surface area contributed by atoms with Crippen LogP contribution in [-0.2, 0) is 11.3 Å². The minimum absolute atomic E-state index is 0.0811. The summed E-state index contributed by atoms with van der Waals surface area (Å²) in [6, 6.07) is 1.77. The number of thiophene rings is 1. The number of aliphatic carboxylic acids is 1. The molecule has 2 heterocycles. The largest absolute Gasteiger partial charge is 0.481 e. The van der Waals surface area contributed by atoms with Gasteiger partial charge in [0.2, 0.25) is 0 Å². The van der Waals surface area contributed by atoms with Crippen LogP contribution in [0.2, 0.25) is 0 Å². The quantitative estimate of drug-likeness (QED) is 0.615. The SMILES string of the molecule is CSC(C)CCn1c(SCC(=O)O)nc2sccc2c1=O. The summed E-state index contributed by atoms with van der Waals surface area (Å²) in [4.78, 5) is 28.4. The van der Waals surface area contributed by atoms with E-state index in [1.165, 1.54) is 11.3 Å². The summed E-state index contributed by atoms with van der Waals surface area (Å²) in [5.74, 6) is -1.01. The van der Waals surface area contributed by atoms with Gasteiger partial charge in [-0.2, -0.15) is 11.8 Å². The number of carbonyl (C=O) groups is 1. The molecule has 0 saturated carbocycles. The molecule has 1 unspecified atom stereocenters. The highest BCUT2D eigenvalue weighted by atomic mass is 32.2. The van der Waals surface area contributed by atoms with Crippen LogP contribution < -0.4 is 5.56 Å². The van der Waals surface area contributed by atoms with Gasteiger partial charge in [-0.25, -0.2) is 4.98 Å². The molecule has 0 bridgehead atoms. The molecule has 0 fully saturated rings. The zero-order valence-corrected chi connectivity index (χ0v) is 14.2. The smallest absolute Gasteiger partial charge is 0.313 e. The summed E-state index contributed by atoms with van der Waals surface area (Å²) in [5.41, 5.74) is -0.0811. The second-order valence-electron chi connectivity index (χ2n) is 4.51. The molecule has 0 aliphatic carbocycles. The summed E-state index contributed by atoms with van der Waals surface area (Å²) in [7, 11) is 0. The molecule has 2 aromatic heterocycles. The first-order chi connectivity index (χ1) is 10.0. The lowest BCUT2D eigenvalue weighted by Gasteiger charge is -2.13. The normalized spacial score (nSPS) is 12.7. The van der Waals surface area contributed by atoms with Crippen LogP contribution in [-0.4, -0.2) is 37.9 Å². The zero-order chi connectivity index (χ0) is 15.4. The van der Waals surface area contributed by atoms with Crippen molar-refractivity contribution in [2.45, 2.75) is 30.3 Å². The highest BCUT2D eigenvalue weighted by molar-refractivity contribution is 7.99. The van der Waals surface area contributed by atoms with Gasteiger partial charge in [0.1, 0.15) is 4.83 Å². The monoisotopic (exact) mass is 344 g/mol. The van der Waals surface area contributed by atoms with Crippen molar-refractivity contribution in [1.29, 1.82) is 0 Å². The number of hydrogen-bond acceptors (Lipinski definition) is 6. The van der Waals surface area contributed by atoms with Gasteiger partial charge in [0.25, 0.3) is 5.56 Å². The van der Waals surface area contributed by atoms with Crippen LogP contribution in [0.3, 0.4) is 0 Å². The van der Waals surface area contributed by atoms with Gasteiger partial charge in [0.15, 0.2) is 5.16 Å². The molecule has 21 heavy (non-hydrogen) atoms. The highest BCUT2D eigenvalue weighted by Gasteiger charge is 2.14. The van der Waals surface area contributed by atoms with Gasteiger partial charge >= 0.3 is 5.97 Å². The molecule has 1 atom stereocenters. The molecule has 1 N–H and O–H groups in total. The number of carboxylic acid groups (broad SMARTS) is 1. The molecule has 0 amide bonds. The first-order valence-electron chi connectivity index (χ1n) is 6.38. The van der Waals surface area contributed by atoms with Gasteiger partial charge in [-0.1, -0.05) is 18.7 Å². The summed E-state index contributed by atoms with van der Waals surface area (Å²) in [6.07, 6.45) is 2.88. The Balaban J connectivity index is 2.37. The van der Waals surface area contributed by atoms with Crippen molar-refractivity contribution in [3.63, 3.8) is 0 Å². The van der Waals surface area contributed by atoms with Crippen LogP contribution in [0.25, 0.3) is 10.2 Å². The Hall–Kier alpha value is -0.990. The van der Waals surface area contributed by atoms with E-state index in [0.29, 0.717) is 27.2 Å². The lowest BCUT2D eigenvalue weighted by Crippen LogP contribution is -2.24. The number of fused-ring (bicyclic) bond motifs is 1. The first-order valence-corrected chi connectivity index (χ1v) is 9.53. The third-order valence-corrected chi connectivity index (χ3v) is 5.84. The van der Waals surface area contributed by atoms with Crippen LogP contribution in [0, 0.1) is 0 Å². The second-order valence-corrected chi connectivity index (χ2v) is 7.62. The highest BCUT2D eigenvalue weighted by Crippen LogP contribution is 2.22. The molecule has 8 heteroatoms. The van der Waals surface area contributed by atoms with Crippen molar-refractivity contribution >= 4 is 51.0 Å². The minimum atomic E-state index is -0.912. The van der Waals surface area contributed by atoms with Gasteiger partial charge in [0, 0.05) is 11.8 Å². The second kappa shape index (κ2) is 7.33. The van der Waals surface area contributed by atoms with Crippen molar-refractivity contribution in [2.24, 2.45) is 0 Å². The van der Waals surface area contributed by atoms with E-state index in [4.69, 9.17) is 5.11 Å². The van der Waals surface area contributed by atoms with Crippen LogP contribution in [0.1, 0.15) is 13.3 Å². The molecule has 2 rings (SSSR count). The average molecular weight is 344 g/mol. The fourth-order valence-corrected chi connectivity index (χ4v) is 3.68. The van der Waals surface area contributed by atoms with Gasteiger partial charge in [0.05, 0.1) is 11.1 Å². The van der Waals surface area contributed by atoms with Gasteiger partial charge in [-0.05, 0) is 24.1 Å². The molecule has 0 aliphatic rings. The van der Waals surface area contributed by atoms with Gasteiger partial charge in [-0.15, -0.1) is 11.3 Å². The third kappa shape index (κ3) is 4.02. The Morgan fingerprint density at radius 1 is 1.57 bits per heavy atom. The Morgan fingerprint density at radius 3 is 3.00 bits per heavy atom. The van der Waals surface area contributed by atoms with Crippen LogP contribution >= 0.6 is 34.9 Å². The average Bonchev–Trinajstić information content (AvgIpc) is 2.92. The van der Waals surface area contributed by atoms with Gasteiger partial charge in [-0.3, -0.25) is 14.2 Å². The number of carboxylic acids is 1. The standard InChI is InChI=1S/C13H16N2O3S3/c1-8(19-2)3-5-15-12(18)9-4-6-20-11(9)14-13(15)21-7-10(16)17/h4,6,8H,3,5,7H2,1-2H3,(H,16,17). The molecular weight excluding hydrogens is 328 g/mol. The van der Waals surface area contributed by atoms with E-state index in [9.17, 15) is 9.59 Å². The molecular formula is C13H16N2O3S3. The Morgan fingerprint density at radius 2 is 2.33 bits per heavy atom. The lowest BCUT2D eigenvalue weighted by atomic mass is 10.3. The van der Waals surface area contributed by atoms with Crippen LogP contribution in [0.5, 0.6) is 0 Å². The molecule has 0 spiro atoms. The minimum Gasteiger partial charge on any atom is -0.481 e. The van der Waals surface area contributed by atoms with E-state index >= 15 is 0 Å². The maximum Gasteiger partial charge on any atom is 0.313 e. The summed E-state index contributed by atoms with van der Waals surface area (Å²) < 4.78 is 1.61. The van der Waals surface area contributed by atoms with E-state index < -0.39 is 5.97 Å². The van der Waals surface area contributed by atoms with Crippen LogP contribution in [0.4, 0.5) is 0 Å². The third-order valence-electron chi connectivity index (χ3n) is 3.03. The number of nitrogens with zero attached hydrogens (tertiary/aromatic N) is 2. The van der Waals surface area contributed by atoms with Crippen molar-refractivity contribution in [3.8, 4) is 0 Å². The molecule has 0 radical (unpaired) electrons. The Labute approximate surface area is 134 Å². The predicted octanol–water partition coefficient (Wildman–Crippen LogP) is 2.78. The van der Waals surface area contributed by atoms with Crippen molar-refractivity contribution < 1.29 is 9.90 Å². The molecule has 2 aromatic rings. The fourth-order valence-electron chi connectivity index (χ4n) is 1.79. The number of aromatic nitrogens is 2. The van der Waals surface area contributed by atoms with Crippen molar-refractivity contribution in [1.82, 2.24) is 9.55 Å².